The molecule has 0 amide bonds. The topological polar surface area (TPSA) is 47.0 Å². The summed E-state index contributed by atoms with van der Waals surface area (Å²) in [6, 6.07) is 0. The van der Waals surface area contributed by atoms with E-state index in [2.05, 4.69) is 26.1 Å². The molecule has 1 unspecified atom stereocenters. The molecule has 0 aliphatic heterocycles. The van der Waals surface area contributed by atoms with Gasteiger partial charge in [-0.1, -0.05) is 6.92 Å². The molecule has 0 aromatic carbocycles. The Morgan fingerprint density at radius 3 is 2.53 bits per heavy atom. The third-order valence-corrected chi connectivity index (χ3v) is 3.58. The van der Waals surface area contributed by atoms with E-state index in [1.165, 1.54) is 18.4 Å². The van der Waals surface area contributed by atoms with Gasteiger partial charge in [0, 0.05) is 24.4 Å². The van der Waals surface area contributed by atoms with Gasteiger partial charge in [-0.3, -0.25) is 0 Å². The van der Waals surface area contributed by atoms with Crippen molar-refractivity contribution < 1.29 is 4.74 Å². The van der Waals surface area contributed by atoms with E-state index in [-0.39, 0.29) is 6.10 Å². The van der Waals surface area contributed by atoms with Crippen LogP contribution in [0.3, 0.4) is 0 Å². The number of hydrogen-bond acceptors (Lipinski definition) is 4. The number of anilines is 1. The van der Waals surface area contributed by atoms with E-state index < -0.39 is 0 Å². The van der Waals surface area contributed by atoms with Crippen LogP contribution in [0.2, 0.25) is 0 Å². The van der Waals surface area contributed by atoms with Crippen LogP contribution in [0.25, 0.3) is 0 Å². The summed E-state index contributed by atoms with van der Waals surface area (Å²) in [7, 11) is 0. The summed E-state index contributed by atoms with van der Waals surface area (Å²) in [5.41, 5.74) is 2.30. The van der Waals surface area contributed by atoms with Gasteiger partial charge < -0.3 is 10.1 Å². The number of nitrogens with one attached hydrogen (secondary N) is 1. The smallest absolute Gasteiger partial charge is 0.160 e. The van der Waals surface area contributed by atoms with Gasteiger partial charge in [-0.15, -0.1) is 0 Å². The first-order valence-corrected chi connectivity index (χ1v) is 7.44. The zero-order valence-electron chi connectivity index (χ0n) is 12.5. The molecule has 1 fully saturated rings. The number of ether oxygens (including phenoxy) is 1. The van der Waals surface area contributed by atoms with Crippen molar-refractivity contribution in [3.05, 3.63) is 17.1 Å². The van der Waals surface area contributed by atoms with Gasteiger partial charge in [0.1, 0.15) is 11.9 Å². The average Bonchev–Trinajstić information content (AvgIpc) is 3.20. The predicted octanol–water partition coefficient (Wildman–Crippen LogP) is 3.27. The van der Waals surface area contributed by atoms with Crippen molar-refractivity contribution in [3.63, 3.8) is 0 Å². The maximum atomic E-state index is 5.86. The molecule has 1 aromatic rings. The van der Waals surface area contributed by atoms with Gasteiger partial charge in [-0.2, -0.15) is 0 Å². The maximum Gasteiger partial charge on any atom is 0.160 e. The number of aryl methyl sites for hydroxylation is 1. The van der Waals surface area contributed by atoms with Gasteiger partial charge in [0.25, 0.3) is 0 Å². The van der Waals surface area contributed by atoms with Crippen LogP contribution in [0.15, 0.2) is 0 Å². The Morgan fingerprint density at radius 1 is 1.26 bits per heavy atom. The molecular formula is C15H25N3O. The molecule has 19 heavy (non-hydrogen) atoms. The lowest BCUT2D eigenvalue weighted by Gasteiger charge is -2.19. The second kappa shape index (κ2) is 6.33. The van der Waals surface area contributed by atoms with E-state index in [9.17, 15) is 0 Å². The minimum Gasteiger partial charge on any atom is -0.370 e. The highest BCUT2D eigenvalue weighted by Gasteiger charge is 2.35. The molecule has 1 aliphatic rings. The molecule has 1 N–H and O–H groups in total. The highest BCUT2D eigenvalue weighted by atomic mass is 16.5. The third-order valence-electron chi connectivity index (χ3n) is 3.58. The number of aromatic nitrogens is 2. The van der Waals surface area contributed by atoms with E-state index in [0.29, 0.717) is 5.92 Å². The van der Waals surface area contributed by atoms with Crippen molar-refractivity contribution in [2.24, 2.45) is 5.92 Å². The highest BCUT2D eigenvalue weighted by molar-refractivity contribution is 5.46. The Balaban J connectivity index is 2.33. The maximum absolute atomic E-state index is 5.86. The van der Waals surface area contributed by atoms with Crippen LogP contribution in [0.4, 0.5) is 5.82 Å². The molecule has 1 heterocycles. The molecule has 0 spiro atoms. The fourth-order valence-corrected chi connectivity index (χ4v) is 2.48. The molecule has 1 aromatic heterocycles. The lowest BCUT2D eigenvalue weighted by Crippen LogP contribution is -2.15. The van der Waals surface area contributed by atoms with Crippen molar-refractivity contribution >= 4 is 5.82 Å². The Labute approximate surface area is 116 Å². The van der Waals surface area contributed by atoms with Crippen LogP contribution in [0.1, 0.15) is 56.8 Å². The molecule has 2 rings (SSSR count). The summed E-state index contributed by atoms with van der Waals surface area (Å²) >= 11 is 0. The van der Waals surface area contributed by atoms with E-state index in [4.69, 9.17) is 14.7 Å². The molecule has 1 aliphatic carbocycles. The van der Waals surface area contributed by atoms with E-state index in [0.717, 1.165) is 36.9 Å². The largest absolute Gasteiger partial charge is 0.370 e. The summed E-state index contributed by atoms with van der Waals surface area (Å²) < 4.78 is 5.86. The molecule has 4 nitrogen and oxygen atoms in total. The zero-order chi connectivity index (χ0) is 13.8. The normalized spacial score (nSPS) is 16.4. The summed E-state index contributed by atoms with van der Waals surface area (Å²) in [5.74, 6) is 2.45. The Hall–Kier alpha value is -1.16. The van der Waals surface area contributed by atoms with Crippen molar-refractivity contribution in [3.8, 4) is 0 Å². The Morgan fingerprint density at radius 2 is 2.00 bits per heavy atom. The summed E-state index contributed by atoms with van der Waals surface area (Å²) in [6.07, 6.45) is 3.50. The molecule has 1 atom stereocenters. The lowest BCUT2D eigenvalue weighted by atomic mass is 10.1. The number of nitrogens with zero attached hydrogens (tertiary/aromatic N) is 2. The van der Waals surface area contributed by atoms with Crippen molar-refractivity contribution in [2.45, 2.75) is 53.1 Å². The molecule has 0 bridgehead atoms. The fraction of sp³-hybridized carbons (Fsp3) is 0.733. The first-order valence-electron chi connectivity index (χ1n) is 7.44. The summed E-state index contributed by atoms with van der Waals surface area (Å²) in [6.45, 7) is 9.94. The monoisotopic (exact) mass is 263 g/mol. The first-order chi connectivity index (χ1) is 9.21. The SMILES string of the molecule is CCNc1nc(C(OCC)C2CC2)nc(C)c1CC. The van der Waals surface area contributed by atoms with Gasteiger partial charge in [-0.05, 0) is 46.0 Å². The van der Waals surface area contributed by atoms with Crippen LogP contribution in [-0.2, 0) is 11.2 Å². The van der Waals surface area contributed by atoms with Crippen LogP contribution in [0.5, 0.6) is 0 Å². The molecule has 0 saturated heterocycles. The zero-order valence-corrected chi connectivity index (χ0v) is 12.5. The molecular weight excluding hydrogens is 238 g/mol. The van der Waals surface area contributed by atoms with E-state index in [1.54, 1.807) is 0 Å². The Kier molecular flexibility index (Phi) is 4.75. The van der Waals surface area contributed by atoms with Crippen LogP contribution in [-0.4, -0.2) is 23.1 Å². The summed E-state index contributed by atoms with van der Waals surface area (Å²) in [5, 5.41) is 3.36. The average molecular weight is 263 g/mol. The van der Waals surface area contributed by atoms with Gasteiger partial charge in [-0.25, -0.2) is 9.97 Å². The standard InChI is InChI=1S/C15H25N3O/c1-5-12-10(4)17-15(18-14(12)16-6-2)13(19-7-3)11-8-9-11/h11,13H,5-9H2,1-4H3,(H,16,17,18). The van der Waals surface area contributed by atoms with Crippen LogP contribution >= 0.6 is 0 Å². The number of hydrogen-bond donors (Lipinski definition) is 1. The molecule has 106 valence electrons. The lowest BCUT2D eigenvalue weighted by molar-refractivity contribution is 0.0400. The predicted molar refractivity (Wildman–Crippen MR) is 77.4 cm³/mol. The van der Waals surface area contributed by atoms with Crippen molar-refractivity contribution in [1.82, 2.24) is 9.97 Å². The third kappa shape index (κ3) is 3.24. The second-order valence-corrected chi connectivity index (χ2v) is 5.09. The molecule has 4 heteroatoms. The van der Waals surface area contributed by atoms with Crippen LogP contribution in [0, 0.1) is 12.8 Å². The van der Waals surface area contributed by atoms with Crippen LogP contribution < -0.4 is 5.32 Å². The minimum absolute atomic E-state index is 0.0759. The van der Waals surface area contributed by atoms with E-state index >= 15 is 0 Å². The first kappa shape index (κ1) is 14.3. The second-order valence-electron chi connectivity index (χ2n) is 5.09. The van der Waals surface area contributed by atoms with Gasteiger partial charge in [0.05, 0.1) is 0 Å². The van der Waals surface area contributed by atoms with Crippen molar-refractivity contribution in [2.75, 3.05) is 18.5 Å². The quantitative estimate of drug-likeness (QED) is 0.820. The fourth-order valence-electron chi connectivity index (χ4n) is 2.48. The highest BCUT2D eigenvalue weighted by Crippen LogP contribution is 2.42. The van der Waals surface area contributed by atoms with Gasteiger partial charge in [0.15, 0.2) is 5.82 Å². The van der Waals surface area contributed by atoms with Gasteiger partial charge >= 0.3 is 0 Å². The summed E-state index contributed by atoms with van der Waals surface area (Å²) in [4.78, 5) is 9.42. The molecule has 0 radical (unpaired) electrons. The van der Waals surface area contributed by atoms with E-state index in [1.807, 2.05) is 6.92 Å². The Bertz CT molecular complexity index is 430. The minimum atomic E-state index is 0.0759. The van der Waals surface area contributed by atoms with Crippen molar-refractivity contribution in [1.29, 1.82) is 0 Å². The van der Waals surface area contributed by atoms with Gasteiger partial charge in [0.2, 0.25) is 0 Å². The molecule has 1 saturated carbocycles. The number of rotatable bonds is 7.